The smallest absolute Gasteiger partial charge is 0.303 e. The van der Waals surface area contributed by atoms with Crippen molar-refractivity contribution >= 4 is 5.97 Å². The molecule has 1 aromatic heterocycles. The van der Waals surface area contributed by atoms with E-state index in [-0.39, 0.29) is 12.0 Å². The largest absolute Gasteiger partial charge is 0.492 e. The maximum absolute atomic E-state index is 12.2. The number of carbonyl (C=O) groups is 1. The maximum atomic E-state index is 12.2. The van der Waals surface area contributed by atoms with Crippen LogP contribution in [0.5, 0.6) is 5.75 Å². The van der Waals surface area contributed by atoms with Gasteiger partial charge in [0.25, 0.3) is 5.56 Å². The molecule has 25 heavy (non-hydrogen) atoms. The van der Waals surface area contributed by atoms with Gasteiger partial charge in [-0.3, -0.25) is 14.2 Å². The third kappa shape index (κ3) is 5.74. The van der Waals surface area contributed by atoms with E-state index in [4.69, 9.17) is 9.84 Å². The van der Waals surface area contributed by atoms with Crippen LogP contribution in [0.4, 0.5) is 0 Å². The molecule has 134 valence electrons. The van der Waals surface area contributed by atoms with Crippen LogP contribution >= 0.6 is 0 Å². The van der Waals surface area contributed by atoms with Crippen LogP contribution in [0.2, 0.25) is 0 Å². The zero-order chi connectivity index (χ0) is 18.2. The SMILES string of the molecule is CCCc1nc(C)cc(=O)n1CCOc1ccc(CCC(=O)O)cc1. The Hall–Kier alpha value is -2.63. The van der Waals surface area contributed by atoms with Crippen molar-refractivity contribution < 1.29 is 14.6 Å². The van der Waals surface area contributed by atoms with Crippen molar-refractivity contribution in [1.29, 1.82) is 0 Å². The molecule has 0 spiro atoms. The molecule has 0 radical (unpaired) electrons. The summed E-state index contributed by atoms with van der Waals surface area (Å²) < 4.78 is 7.37. The lowest BCUT2D eigenvalue weighted by Gasteiger charge is -2.13. The summed E-state index contributed by atoms with van der Waals surface area (Å²) in [7, 11) is 0. The highest BCUT2D eigenvalue weighted by Crippen LogP contribution is 2.13. The Balaban J connectivity index is 1.94. The van der Waals surface area contributed by atoms with Crippen LogP contribution in [0.1, 0.15) is 36.8 Å². The summed E-state index contributed by atoms with van der Waals surface area (Å²) in [6.07, 6.45) is 2.30. The Morgan fingerprint density at radius 1 is 1.24 bits per heavy atom. The summed E-state index contributed by atoms with van der Waals surface area (Å²) in [5.41, 5.74) is 1.64. The Morgan fingerprint density at radius 2 is 1.96 bits per heavy atom. The quantitative estimate of drug-likeness (QED) is 0.756. The van der Waals surface area contributed by atoms with Gasteiger partial charge in [-0.05, 0) is 37.5 Å². The normalized spacial score (nSPS) is 10.6. The van der Waals surface area contributed by atoms with Crippen molar-refractivity contribution in [3.8, 4) is 5.75 Å². The summed E-state index contributed by atoms with van der Waals surface area (Å²) in [5, 5.41) is 8.70. The van der Waals surface area contributed by atoms with Gasteiger partial charge in [-0.25, -0.2) is 4.98 Å². The predicted octanol–water partition coefficient (Wildman–Crippen LogP) is 2.60. The van der Waals surface area contributed by atoms with E-state index in [1.54, 1.807) is 4.57 Å². The molecule has 0 aliphatic heterocycles. The van der Waals surface area contributed by atoms with E-state index in [2.05, 4.69) is 11.9 Å². The summed E-state index contributed by atoms with van der Waals surface area (Å²) in [4.78, 5) is 27.2. The average molecular weight is 344 g/mol. The number of carboxylic acid groups (broad SMARTS) is 1. The summed E-state index contributed by atoms with van der Waals surface area (Å²) >= 11 is 0. The maximum Gasteiger partial charge on any atom is 0.303 e. The fraction of sp³-hybridized carbons (Fsp3) is 0.421. The first-order chi connectivity index (χ1) is 12.0. The fourth-order valence-corrected chi connectivity index (χ4v) is 2.59. The van der Waals surface area contributed by atoms with Crippen molar-refractivity contribution in [3.05, 3.63) is 57.8 Å². The second-order valence-electron chi connectivity index (χ2n) is 5.94. The average Bonchev–Trinajstić information content (AvgIpc) is 2.56. The molecule has 0 atom stereocenters. The highest BCUT2D eigenvalue weighted by Gasteiger charge is 2.07. The third-order valence-electron chi connectivity index (χ3n) is 3.82. The standard InChI is InChI=1S/C19H24N2O4/c1-3-4-17-20-14(2)13-18(22)21(17)11-12-25-16-8-5-15(6-9-16)7-10-19(23)24/h5-6,8-9,13H,3-4,7,10-12H2,1-2H3,(H,23,24). The Bertz CT molecular complexity index is 766. The molecule has 0 aliphatic rings. The van der Waals surface area contributed by atoms with E-state index in [9.17, 15) is 9.59 Å². The summed E-state index contributed by atoms with van der Waals surface area (Å²) in [5.74, 6) is 0.685. The van der Waals surface area contributed by atoms with Gasteiger partial charge in [0.15, 0.2) is 0 Å². The number of benzene rings is 1. The molecule has 2 rings (SSSR count). The Kier molecular flexibility index (Phi) is 6.74. The van der Waals surface area contributed by atoms with Gasteiger partial charge in [-0.2, -0.15) is 0 Å². The topological polar surface area (TPSA) is 81.4 Å². The first-order valence-electron chi connectivity index (χ1n) is 8.50. The van der Waals surface area contributed by atoms with Crippen LogP contribution in [-0.2, 0) is 24.2 Å². The van der Waals surface area contributed by atoms with E-state index in [1.165, 1.54) is 6.07 Å². The zero-order valence-electron chi connectivity index (χ0n) is 14.7. The van der Waals surface area contributed by atoms with Gasteiger partial charge in [-0.1, -0.05) is 19.1 Å². The number of ether oxygens (including phenoxy) is 1. The van der Waals surface area contributed by atoms with Crippen LogP contribution in [0.3, 0.4) is 0 Å². The summed E-state index contributed by atoms with van der Waals surface area (Å²) in [6, 6.07) is 8.90. The molecule has 0 unspecified atom stereocenters. The fourth-order valence-electron chi connectivity index (χ4n) is 2.59. The molecule has 6 nitrogen and oxygen atoms in total. The van der Waals surface area contributed by atoms with E-state index in [1.807, 2.05) is 31.2 Å². The highest BCUT2D eigenvalue weighted by molar-refractivity contribution is 5.67. The van der Waals surface area contributed by atoms with Gasteiger partial charge in [0.2, 0.25) is 0 Å². The number of hydrogen-bond acceptors (Lipinski definition) is 4. The highest BCUT2D eigenvalue weighted by atomic mass is 16.5. The molecule has 2 aromatic rings. The van der Waals surface area contributed by atoms with Crippen molar-refractivity contribution in [3.63, 3.8) is 0 Å². The number of rotatable bonds is 9. The van der Waals surface area contributed by atoms with Gasteiger partial charge in [0, 0.05) is 24.6 Å². The molecule has 1 N–H and O–H groups in total. The second kappa shape index (κ2) is 9.01. The van der Waals surface area contributed by atoms with E-state index in [0.29, 0.717) is 25.3 Å². The van der Waals surface area contributed by atoms with Crippen molar-refractivity contribution in [2.24, 2.45) is 0 Å². The number of aromatic nitrogens is 2. The lowest BCUT2D eigenvalue weighted by atomic mass is 10.1. The molecule has 0 saturated heterocycles. The van der Waals surface area contributed by atoms with Gasteiger partial charge < -0.3 is 9.84 Å². The van der Waals surface area contributed by atoms with Crippen LogP contribution in [0, 0.1) is 6.92 Å². The third-order valence-corrected chi connectivity index (χ3v) is 3.82. The first kappa shape index (κ1) is 18.7. The number of hydrogen-bond donors (Lipinski definition) is 1. The van der Waals surface area contributed by atoms with E-state index >= 15 is 0 Å². The van der Waals surface area contributed by atoms with Crippen LogP contribution in [-0.4, -0.2) is 27.2 Å². The number of aryl methyl sites for hydroxylation is 3. The minimum Gasteiger partial charge on any atom is -0.492 e. The Labute approximate surface area is 147 Å². The molecule has 0 aliphatic carbocycles. The monoisotopic (exact) mass is 344 g/mol. The minimum atomic E-state index is -0.805. The van der Waals surface area contributed by atoms with Gasteiger partial charge >= 0.3 is 5.97 Å². The van der Waals surface area contributed by atoms with Gasteiger partial charge in [0.05, 0.1) is 6.54 Å². The molecule has 6 heteroatoms. The number of nitrogens with zero attached hydrogens (tertiary/aromatic N) is 2. The van der Waals surface area contributed by atoms with Crippen molar-refractivity contribution in [1.82, 2.24) is 9.55 Å². The number of aliphatic carboxylic acids is 1. The van der Waals surface area contributed by atoms with Gasteiger partial charge in [-0.15, -0.1) is 0 Å². The second-order valence-corrected chi connectivity index (χ2v) is 5.94. The molecule has 0 amide bonds. The molecule has 0 saturated carbocycles. The summed E-state index contributed by atoms with van der Waals surface area (Å²) in [6.45, 7) is 4.70. The lowest BCUT2D eigenvalue weighted by molar-refractivity contribution is -0.136. The molecular formula is C19H24N2O4. The predicted molar refractivity (Wildman–Crippen MR) is 95.1 cm³/mol. The van der Waals surface area contributed by atoms with Crippen LogP contribution in [0.25, 0.3) is 0 Å². The van der Waals surface area contributed by atoms with Crippen molar-refractivity contribution in [2.75, 3.05) is 6.61 Å². The first-order valence-corrected chi connectivity index (χ1v) is 8.50. The minimum absolute atomic E-state index is 0.0523. The molecule has 0 bridgehead atoms. The molecular weight excluding hydrogens is 320 g/mol. The molecule has 0 fully saturated rings. The zero-order valence-corrected chi connectivity index (χ0v) is 14.7. The van der Waals surface area contributed by atoms with Crippen LogP contribution < -0.4 is 10.3 Å². The number of carboxylic acids is 1. The van der Waals surface area contributed by atoms with E-state index in [0.717, 1.165) is 29.9 Å². The molecule has 1 heterocycles. The van der Waals surface area contributed by atoms with Crippen LogP contribution in [0.15, 0.2) is 35.1 Å². The lowest BCUT2D eigenvalue weighted by Crippen LogP contribution is -2.27. The molecule has 1 aromatic carbocycles. The van der Waals surface area contributed by atoms with Crippen molar-refractivity contribution in [2.45, 2.75) is 46.1 Å². The van der Waals surface area contributed by atoms with E-state index < -0.39 is 5.97 Å². The Morgan fingerprint density at radius 3 is 2.60 bits per heavy atom. The van der Waals surface area contributed by atoms with Gasteiger partial charge in [0.1, 0.15) is 18.2 Å².